The Labute approximate surface area is 133 Å². The minimum atomic E-state index is 0.0410. The molecule has 6 N–H and O–H groups in total. The number of dihydropyridines is 2. The van der Waals surface area contributed by atoms with Crippen LogP contribution in [0.4, 0.5) is 0 Å². The van der Waals surface area contributed by atoms with Crippen molar-refractivity contribution in [2.24, 2.45) is 22.4 Å². The standard InChI is InChI=1S/C15H20BrN5/c1-9(2)10(7-17)5-14(18)21-15-4-3-12-13(20-15)6-11(16)8-19-12/h3-9,13,20-21H,17-18H2,1-2H3/b10-7+,14-5+. The number of rotatable bonds is 4. The number of allylic oxidation sites excluding steroid dienone is 5. The summed E-state index contributed by atoms with van der Waals surface area (Å²) in [6.45, 7) is 4.13. The third-order valence-electron chi connectivity index (χ3n) is 3.17. The average Bonchev–Trinajstić information content (AvgIpc) is 2.44. The smallest absolute Gasteiger partial charge is 0.105 e. The van der Waals surface area contributed by atoms with Crippen LogP contribution < -0.4 is 22.1 Å². The molecule has 0 fully saturated rings. The van der Waals surface area contributed by atoms with Gasteiger partial charge in [0.05, 0.1) is 11.7 Å². The lowest BCUT2D eigenvalue weighted by atomic mass is 10.0. The van der Waals surface area contributed by atoms with E-state index < -0.39 is 0 Å². The number of hydrogen-bond acceptors (Lipinski definition) is 5. The molecule has 0 aromatic heterocycles. The molecule has 5 nitrogen and oxygen atoms in total. The molecule has 0 aromatic carbocycles. The number of halogens is 1. The molecule has 0 bridgehead atoms. The maximum Gasteiger partial charge on any atom is 0.105 e. The molecule has 0 saturated heterocycles. The van der Waals surface area contributed by atoms with E-state index in [4.69, 9.17) is 11.5 Å². The van der Waals surface area contributed by atoms with Gasteiger partial charge < -0.3 is 22.1 Å². The van der Waals surface area contributed by atoms with E-state index in [0.717, 1.165) is 21.6 Å². The van der Waals surface area contributed by atoms with Crippen molar-refractivity contribution in [3.05, 3.63) is 57.9 Å². The average molecular weight is 350 g/mol. The second kappa shape index (κ2) is 6.67. The summed E-state index contributed by atoms with van der Waals surface area (Å²) < 4.78 is 0.954. The van der Waals surface area contributed by atoms with Gasteiger partial charge in [-0.25, -0.2) is 0 Å². The van der Waals surface area contributed by atoms with Crippen LogP contribution in [0.15, 0.2) is 62.9 Å². The molecule has 1 unspecified atom stereocenters. The first-order valence-electron chi connectivity index (χ1n) is 6.75. The first-order valence-corrected chi connectivity index (χ1v) is 7.54. The van der Waals surface area contributed by atoms with Gasteiger partial charge >= 0.3 is 0 Å². The predicted molar refractivity (Wildman–Crippen MR) is 91.1 cm³/mol. The van der Waals surface area contributed by atoms with Gasteiger partial charge in [-0.05, 0) is 57.9 Å². The Morgan fingerprint density at radius 1 is 1.48 bits per heavy atom. The molecule has 0 saturated carbocycles. The number of nitrogens with zero attached hydrogens (tertiary/aromatic N) is 1. The van der Waals surface area contributed by atoms with Crippen LogP contribution in [0, 0.1) is 5.92 Å². The van der Waals surface area contributed by atoms with Gasteiger partial charge in [0.25, 0.3) is 0 Å². The second-order valence-electron chi connectivity index (χ2n) is 5.15. The van der Waals surface area contributed by atoms with Crippen LogP contribution >= 0.6 is 15.9 Å². The molecule has 2 rings (SSSR count). The van der Waals surface area contributed by atoms with Gasteiger partial charge in [0.1, 0.15) is 11.6 Å². The Kier molecular flexibility index (Phi) is 4.90. The molecule has 0 amide bonds. The monoisotopic (exact) mass is 349 g/mol. The fourth-order valence-electron chi connectivity index (χ4n) is 2.01. The maximum atomic E-state index is 6.01. The molecule has 6 heteroatoms. The molecule has 0 aromatic rings. The second-order valence-corrected chi connectivity index (χ2v) is 6.07. The van der Waals surface area contributed by atoms with E-state index in [1.54, 1.807) is 12.4 Å². The quantitative estimate of drug-likeness (QED) is 0.584. The Hall–Kier alpha value is -1.95. The summed E-state index contributed by atoms with van der Waals surface area (Å²) in [6.07, 6.45) is 11.1. The van der Waals surface area contributed by atoms with Crippen molar-refractivity contribution in [1.82, 2.24) is 10.6 Å². The van der Waals surface area contributed by atoms with Gasteiger partial charge in [-0.2, -0.15) is 0 Å². The minimum absolute atomic E-state index is 0.0410. The fraction of sp³-hybridized carbons (Fsp3) is 0.267. The highest BCUT2D eigenvalue weighted by molar-refractivity contribution is 9.12. The molecule has 0 spiro atoms. The molecule has 0 radical (unpaired) electrons. The molecule has 2 heterocycles. The summed E-state index contributed by atoms with van der Waals surface area (Å²) in [5.74, 6) is 1.69. The Bertz CT molecular complexity index is 593. The van der Waals surface area contributed by atoms with Crippen molar-refractivity contribution in [2.75, 3.05) is 0 Å². The normalized spacial score (nSPS) is 22.1. The van der Waals surface area contributed by atoms with Gasteiger partial charge in [0, 0.05) is 10.7 Å². The van der Waals surface area contributed by atoms with Gasteiger partial charge in [-0.3, -0.25) is 4.99 Å². The zero-order valence-corrected chi connectivity index (χ0v) is 13.7. The Balaban J connectivity index is 2.08. The summed E-state index contributed by atoms with van der Waals surface area (Å²) in [6, 6.07) is 0.0410. The van der Waals surface area contributed by atoms with Crippen LogP contribution in [0.5, 0.6) is 0 Å². The lowest BCUT2D eigenvalue weighted by Gasteiger charge is -2.25. The number of nitrogens with one attached hydrogen (secondary N) is 2. The van der Waals surface area contributed by atoms with Crippen LogP contribution in [-0.4, -0.2) is 12.3 Å². The van der Waals surface area contributed by atoms with Crippen molar-refractivity contribution in [3.63, 3.8) is 0 Å². The van der Waals surface area contributed by atoms with Crippen molar-refractivity contribution in [3.8, 4) is 0 Å². The Morgan fingerprint density at radius 3 is 2.90 bits per heavy atom. The largest absolute Gasteiger partial charge is 0.404 e. The summed E-state index contributed by atoms with van der Waals surface area (Å²) in [4.78, 5) is 4.35. The van der Waals surface area contributed by atoms with Gasteiger partial charge in [-0.1, -0.05) is 13.8 Å². The highest BCUT2D eigenvalue weighted by Gasteiger charge is 2.18. The summed E-state index contributed by atoms with van der Waals surface area (Å²) in [5, 5.41) is 6.47. The van der Waals surface area contributed by atoms with E-state index in [9.17, 15) is 0 Å². The zero-order chi connectivity index (χ0) is 15.4. The van der Waals surface area contributed by atoms with Crippen molar-refractivity contribution in [1.29, 1.82) is 0 Å². The third-order valence-corrected chi connectivity index (χ3v) is 3.64. The SMILES string of the molecule is CC(C)C(=C/N)/C=C(\N)NC1=CC=C2N=CC(Br)=CC2N1. The zero-order valence-electron chi connectivity index (χ0n) is 12.1. The van der Waals surface area contributed by atoms with E-state index in [1.807, 2.05) is 24.3 Å². The third kappa shape index (κ3) is 4.01. The van der Waals surface area contributed by atoms with Crippen LogP contribution in [0.25, 0.3) is 0 Å². The molecule has 2 aliphatic rings. The summed E-state index contributed by atoms with van der Waals surface area (Å²) in [5.41, 5.74) is 13.6. The van der Waals surface area contributed by atoms with Crippen molar-refractivity contribution >= 4 is 22.1 Å². The Morgan fingerprint density at radius 2 is 2.24 bits per heavy atom. The molecule has 0 aliphatic carbocycles. The van der Waals surface area contributed by atoms with Crippen molar-refractivity contribution < 1.29 is 0 Å². The van der Waals surface area contributed by atoms with Gasteiger partial charge in [-0.15, -0.1) is 0 Å². The van der Waals surface area contributed by atoms with E-state index in [2.05, 4.69) is 45.4 Å². The highest BCUT2D eigenvalue weighted by Crippen LogP contribution is 2.20. The summed E-state index contributed by atoms with van der Waals surface area (Å²) in [7, 11) is 0. The van der Waals surface area contributed by atoms with E-state index in [1.165, 1.54) is 0 Å². The fourth-order valence-corrected chi connectivity index (χ4v) is 2.37. The molecule has 112 valence electrons. The minimum Gasteiger partial charge on any atom is -0.404 e. The van der Waals surface area contributed by atoms with Crippen LogP contribution in [0.3, 0.4) is 0 Å². The van der Waals surface area contributed by atoms with Gasteiger partial charge in [0.15, 0.2) is 0 Å². The number of nitrogens with two attached hydrogens (primary N) is 2. The van der Waals surface area contributed by atoms with E-state index in [0.29, 0.717) is 11.7 Å². The number of fused-ring (bicyclic) bond motifs is 1. The molecular weight excluding hydrogens is 330 g/mol. The molecule has 21 heavy (non-hydrogen) atoms. The van der Waals surface area contributed by atoms with Crippen LogP contribution in [0.2, 0.25) is 0 Å². The predicted octanol–water partition coefficient (Wildman–Crippen LogP) is 1.94. The van der Waals surface area contributed by atoms with Crippen LogP contribution in [-0.2, 0) is 0 Å². The van der Waals surface area contributed by atoms with Gasteiger partial charge in [0.2, 0.25) is 0 Å². The maximum absolute atomic E-state index is 6.01. The summed E-state index contributed by atoms with van der Waals surface area (Å²) >= 11 is 3.43. The number of hydrogen-bond donors (Lipinski definition) is 4. The molecule has 1 atom stereocenters. The van der Waals surface area contributed by atoms with E-state index in [-0.39, 0.29) is 6.04 Å². The lowest BCUT2D eigenvalue weighted by molar-refractivity contribution is 0.673. The highest BCUT2D eigenvalue weighted by atomic mass is 79.9. The first kappa shape index (κ1) is 15.4. The number of aliphatic imine (C=N–C) groups is 1. The lowest BCUT2D eigenvalue weighted by Crippen LogP contribution is -2.38. The molecule has 2 aliphatic heterocycles. The first-order chi connectivity index (χ1) is 9.99. The molecular formula is C15H20BrN5. The van der Waals surface area contributed by atoms with Crippen molar-refractivity contribution in [2.45, 2.75) is 19.9 Å². The van der Waals surface area contributed by atoms with Crippen LogP contribution in [0.1, 0.15) is 13.8 Å². The topological polar surface area (TPSA) is 88.5 Å². The van der Waals surface area contributed by atoms with E-state index >= 15 is 0 Å².